The van der Waals surface area contributed by atoms with Crippen molar-refractivity contribution < 1.29 is 37.3 Å². The Morgan fingerprint density at radius 3 is 1.45 bits per heavy atom. The number of nitrogens with zero attached hydrogens (tertiary/aromatic N) is 1. The van der Waals surface area contributed by atoms with Crippen molar-refractivity contribution in [1.29, 1.82) is 0 Å². The zero-order chi connectivity index (χ0) is 44.1. The lowest BCUT2D eigenvalue weighted by atomic mass is 10.0. The first-order valence-electron chi connectivity index (χ1n) is 24.2. The Kier molecular flexibility index (Phi) is 42.1. The molecule has 2 atom stereocenters. The molecule has 0 aliphatic carbocycles. The minimum absolute atomic E-state index is 0.0206. The highest BCUT2D eigenvalue weighted by Gasteiger charge is 2.20. The van der Waals surface area contributed by atoms with Gasteiger partial charge >= 0.3 is 5.97 Å². The number of phosphoric acid groups is 1. The predicted octanol–water partition coefficient (Wildman–Crippen LogP) is 14.0. The van der Waals surface area contributed by atoms with E-state index in [2.05, 4.69) is 86.8 Å². The zero-order valence-corrected chi connectivity index (χ0v) is 40.3. The summed E-state index contributed by atoms with van der Waals surface area (Å²) in [4.78, 5) is 25.1. The number of quaternary nitrogens is 1. The monoisotopic (exact) mass is 862 g/mol. The fourth-order valence-corrected chi connectivity index (χ4v) is 7.04. The van der Waals surface area contributed by atoms with Crippen molar-refractivity contribution in [3.63, 3.8) is 0 Å². The first-order valence-corrected chi connectivity index (χ1v) is 25.6. The third kappa shape index (κ3) is 47.0. The molecular weight excluding hydrogens is 770 g/mol. The number of unbranched alkanes of at least 4 members (excludes halogenated alkanes) is 18. The van der Waals surface area contributed by atoms with Crippen molar-refractivity contribution in [1.82, 2.24) is 0 Å². The first-order chi connectivity index (χ1) is 29.1. The molecule has 0 N–H and O–H groups in total. The van der Waals surface area contributed by atoms with Crippen LogP contribution in [0.3, 0.4) is 0 Å². The molecule has 0 saturated carbocycles. The van der Waals surface area contributed by atoms with Crippen LogP contribution in [0.15, 0.2) is 72.9 Å². The molecule has 0 saturated heterocycles. The molecule has 0 aromatic carbocycles. The van der Waals surface area contributed by atoms with E-state index in [9.17, 15) is 14.3 Å². The lowest BCUT2D eigenvalue weighted by Crippen LogP contribution is -2.37. The van der Waals surface area contributed by atoms with E-state index in [1.54, 1.807) is 0 Å². The van der Waals surface area contributed by atoms with Crippen LogP contribution in [-0.2, 0) is 27.9 Å². The van der Waals surface area contributed by atoms with Gasteiger partial charge in [-0.1, -0.05) is 189 Å². The highest BCUT2D eigenvalue weighted by molar-refractivity contribution is 7.45. The fraction of sp³-hybridized carbons (Fsp3) is 0.745. The molecule has 0 aliphatic heterocycles. The summed E-state index contributed by atoms with van der Waals surface area (Å²) in [7, 11) is 1.34. The topological polar surface area (TPSA) is 94.1 Å². The standard InChI is InChI=1S/C51H92NO7P/c1-6-8-10-12-14-16-18-20-21-22-23-24-25-26-27-28-29-30-31-32-34-36-38-40-42-44-51(53)59-50(49-58-60(54,55)57-47-45-52(3,4)5)48-56-46-43-41-39-37-35-33-19-17-15-13-11-9-7-2/h8,10,14,16,20-21,23-24,26-27,29-30,50H,6-7,9,11-13,15,17-19,22,25,28,31-49H2,1-5H3/b10-8-,16-14-,21-20-,24-23-,27-26-,30-29-. The molecular formula is C51H92NO7P. The molecule has 8 nitrogen and oxygen atoms in total. The van der Waals surface area contributed by atoms with E-state index in [4.69, 9.17) is 18.5 Å². The molecule has 9 heteroatoms. The number of carbonyl (C=O) groups is 1. The number of allylic oxidation sites excluding steroid dienone is 12. The van der Waals surface area contributed by atoms with E-state index in [1.807, 2.05) is 21.1 Å². The highest BCUT2D eigenvalue weighted by atomic mass is 31.2. The van der Waals surface area contributed by atoms with Gasteiger partial charge in [-0.3, -0.25) is 9.36 Å². The van der Waals surface area contributed by atoms with Crippen molar-refractivity contribution in [2.75, 3.05) is 54.1 Å². The van der Waals surface area contributed by atoms with Gasteiger partial charge in [-0.2, -0.15) is 0 Å². The number of carbonyl (C=O) groups excluding carboxylic acids is 1. The number of ether oxygens (including phenoxy) is 2. The van der Waals surface area contributed by atoms with Crippen LogP contribution in [0, 0.1) is 0 Å². The fourth-order valence-electron chi connectivity index (χ4n) is 6.31. The number of hydrogen-bond donors (Lipinski definition) is 0. The maximum absolute atomic E-state index is 12.7. The minimum Gasteiger partial charge on any atom is -0.756 e. The van der Waals surface area contributed by atoms with Gasteiger partial charge in [0.1, 0.15) is 19.3 Å². The summed E-state index contributed by atoms with van der Waals surface area (Å²) in [6, 6.07) is 0. The van der Waals surface area contributed by atoms with Crippen LogP contribution in [0.4, 0.5) is 0 Å². The Morgan fingerprint density at radius 2 is 0.967 bits per heavy atom. The second kappa shape index (κ2) is 43.6. The first kappa shape index (κ1) is 57.9. The van der Waals surface area contributed by atoms with E-state index in [0.717, 1.165) is 83.5 Å². The minimum atomic E-state index is -4.53. The summed E-state index contributed by atoms with van der Waals surface area (Å²) in [5.41, 5.74) is 0. The van der Waals surface area contributed by atoms with Gasteiger partial charge in [0.2, 0.25) is 0 Å². The highest BCUT2D eigenvalue weighted by Crippen LogP contribution is 2.38. The molecule has 2 unspecified atom stereocenters. The molecule has 0 bridgehead atoms. The average Bonchev–Trinajstić information content (AvgIpc) is 3.20. The predicted molar refractivity (Wildman–Crippen MR) is 254 cm³/mol. The zero-order valence-electron chi connectivity index (χ0n) is 39.4. The summed E-state index contributed by atoms with van der Waals surface area (Å²) < 4.78 is 34.6. The molecule has 0 spiro atoms. The van der Waals surface area contributed by atoms with Gasteiger partial charge < -0.3 is 27.9 Å². The van der Waals surface area contributed by atoms with Crippen molar-refractivity contribution >= 4 is 13.8 Å². The second-order valence-corrected chi connectivity index (χ2v) is 18.5. The van der Waals surface area contributed by atoms with Crippen LogP contribution in [0.1, 0.15) is 187 Å². The smallest absolute Gasteiger partial charge is 0.306 e. The molecule has 348 valence electrons. The normalized spacial score (nSPS) is 14.3. The Bertz CT molecular complexity index is 1190. The number of hydrogen-bond acceptors (Lipinski definition) is 7. The molecule has 0 amide bonds. The number of rotatable bonds is 44. The third-order valence-electron chi connectivity index (χ3n) is 10.0. The molecule has 60 heavy (non-hydrogen) atoms. The van der Waals surface area contributed by atoms with Crippen LogP contribution in [-0.4, -0.2) is 70.7 Å². The van der Waals surface area contributed by atoms with Crippen LogP contribution in [0.5, 0.6) is 0 Å². The van der Waals surface area contributed by atoms with Crippen molar-refractivity contribution in [2.45, 2.75) is 193 Å². The summed E-state index contributed by atoms with van der Waals surface area (Å²) in [5.74, 6) is -0.350. The van der Waals surface area contributed by atoms with Crippen molar-refractivity contribution in [3.8, 4) is 0 Å². The average molecular weight is 862 g/mol. The van der Waals surface area contributed by atoms with E-state index < -0.39 is 13.9 Å². The lowest BCUT2D eigenvalue weighted by molar-refractivity contribution is -0.870. The summed E-state index contributed by atoms with van der Waals surface area (Å²) in [6.45, 7) is 5.28. The molecule has 0 aromatic rings. The van der Waals surface area contributed by atoms with Crippen LogP contribution in [0.25, 0.3) is 0 Å². The lowest BCUT2D eigenvalue weighted by Gasteiger charge is -2.28. The Hall–Kier alpha value is -2.06. The van der Waals surface area contributed by atoms with Crippen LogP contribution < -0.4 is 4.89 Å². The SMILES string of the molecule is CC/C=C\C/C=C\C/C=C\C/C=C\C/C=C\C/C=C\CCCCCCCCC(=O)OC(COCCCCCCCCCCCCCCC)COP(=O)([O-])OCC[N+](C)(C)C. The van der Waals surface area contributed by atoms with E-state index >= 15 is 0 Å². The summed E-state index contributed by atoms with van der Waals surface area (Å²) >= 11 is 0. The Labute approximate surface area is 370 Å². The van der Waals surface area contributed by atoms with Gasteiger partial charge in [-0.05, 0) is 64.2 Å². The van der Waals surface area contributed by atoms with Gasteiger partial charge in [-0.25, -0.2) is 0 Å². The third-order valence-corrected chi connectivity index (χ3v) is 11.0. The summed E-state index contributed by atoms with van der Waals surface area (Å²) in [5, 5.41) is 0. The van der Waals surface area contributed by atoms with Crippen molar-refractivity contribution in [3.05, 3.63) is 72.9 Å². The van der Waals surface area contributed by atoms with Gasteiger partial charge in [0.25, 0.3) is 7.82 Å². The number of likely N-dealkylation sites (N-methyl/N-ethyl adjacent to an activating group) is 1. The molecule has 0 aromatic heterocycles. The second-order valence-electron chi connectivity index (χ2n) is 17.1. The largest absolute Gasteiger partial charge is 0.756 e. The molecule has 0 rings (SSSR count). The van der Waals surface area contributed by atoms with Gasteiger partial charge in [-0.15, -0.1) is 0 Å². The molecule has 0 heterocycles. The van der Waals surface area contributed by atoms with Crippen LogP contribution in [0.2, 0.25) is 0 Å². The Balaban J connectivity index is 4.20. The number of phosphoric ester groups is 1. The quantitative estimate of drug-likeness (QED) is 0.0198. The van der Waals surface area contributed by atoms with Crippen molar-refractivity contribution in [2.24, 2.45) is 0 Å². The molecule has 0 aliphatic rings. The van der Waals surface area contributed by atoms with Gasteiger partial charge in [0, 0.05) is 13.0 Å². The maximum atomic E-state index is 12.7. The van der Waals surface area contributed by atoms with Crippen LogP contribution >= 0.6 is 7.82 Å². The van der Waals surface area contributed by atoms with E-state index in [1.165, 1.54) is 83.5 Å². The molecule has 0 fully saturated rings. The van der Waals surface area contributed by atoms with Gasteiger partial charge in [0.05, 0.1) is 34.4 Å². The Morgan fingerprint density at radius 1 is 0.533 bits per heavy atom. The van der Waals surface area contributed by atoms with E-state index in [0.29, 0.717) is 24.1 Å². The number of esters is 1. The summed E-state index contributed by atoms with van der Waals surface area (Å²) in [6.07, 6.45) is 56.3. The van der Waals surface area contributed by atoms with E-state index in [-0.39, 0.29) is 25.8 Å². The maximum Gasteiger partial charge on any atom is 0.306 e. The van der Waals surface area contributed by atoms with Gasteiger partial charge in [0.15, 0.2) is 0 Å². The molecule has 0 radical (unpaired) electrons.